The molecule has 0 saturated heterocycles. The van der Waals surface area contributed by atoms with Crippen molar-refractivity contribution in [3.05, 3.63) is 169 Å². The van der Waals surface area contributed by atoms with Crippen LogP contribution < -0.4 is 0 Å². The van der Waals surface area contributed by atoms with Crippen molar-refractivity contribution in [1.29, 1.82) is 0 Å². The van der Waals surface area contributed by atoms with Gasteiger partial charge in [0.25, 0.3) is 0 Å². The highest BCUT2D eigenvalue weighted by Crippen LogP contribution is 2.50. The molecule has 0 fully saturated rings. The second-order valence-corrected chi connectivity index (χ2v) is 15.5. The van der Waals surface area contributed by atoms with Gasteiger partial charge in [-0.05, 0) is 58.7 Å². The van der Waals surface area contributed by atoms with Crippen molar-refractivity contribution in [2.75, 3.05) is 0 Å². The summed E-state index contributed by atoms with van der Waals surface area (Å²) in [6.07, 6.45) is 0. The molecule has 3 heterocycles. The van der Waals surface area contributed by atoms with E-state index >= 15 is 0 Å². The van der Waals surface area contributed by atoms with Crippen molar-refractivity contribution in [2.45, 2.75) is 19.3 Å². The first kappa shape index (κ1) is 30.2. The topological polar surface area (TPSA) is 43.6 Å². The van der Waals surface area contributed by atoms with Crippen LogP contribution in [-0.2, 0) is 5.41 Å². The largest absolute Gasteiger partial charge is 0.309 e. The Morgan fingerprint density at radius 3 is 1.98 bits per heavy atom. The molecule has 3 aromatic heterocycles. The predicted octanol–water partition coefficient (Wildman–Crippen LogP) is 12.6. The van der Waals surface area contributed by atoms with E-state index in [0.717, 1.165) is 44.2 Å². The molecule has 0 N–H and O–H groups in total. The summed E-state index contributed by atoms with van der Waals surface area (Å²) in [6, 6.07) is 56.3. The van der Waals surface area contributed by atoms with Crippen LogP contribution in [0.3, 0.4) is 0 Å². The molecular weight excluding hydrogens is 665 g/mol. The van der Waals surface area contributed by atoms with Gasteiger partial charge in [-0.3, -0.25) is 0 Å². The van der Waals surface area contributed by atoms with Gasteiger partial charge in [-0.25, -0.2) is 15.0 Å². The first-order valence-electron chi connectivity index (χ1n) is 18.0. The van der Waals surface area contributed by atoms with E-state index in [1.165, 1.54) is 42.4 Å². The van der Waals surface area contributed by atoms with Crippen molar-refractivity contribution in [3.8, 4) is 51.0 Å². The summed E-state index contributed by atoms with van der Waals surface area (Å²) in [6.45, 7) is 4.68. The summed E-state index contributed by atoms with van der Waals surface area (Å²) in [4.78, 5) is 15.7. The Bertz CT molecular complexity index is 3100. The van der Waals surface area contributed by atoms with E-state index in [0.29, 0.717) is 17.5 Å². The smallest absolute Gasteiger partial charge is 0.165 e. The molecule has 1 aliphatic carbocycles. The molecule has 0 aliphatic heterocycles. The minimum Gasteiger partial charge on any atom is -0.309 e. The summed E-state index contributed by atoms with van der Waals surface area (Å²) < 4.78 is 4.84. The Morgan fingerprint density at radius 2 is 1.09 bits per heavy atom. The van der Waals surface area contributed by atoms with Crippen LogP contribution in [0.25, 0.3) is 93.0 Å². The average Bonchev–Trinajstić information content (AvgIpc) is 3.84. The lowest BCUT2D eigenvalue weighted by atomic mass is 9.82. The normalized spacial score (nSPS) is 13.2. The zero-order valence-corrected chi connectivity index (χ0v) is 30.0. The first-order valence-corrected chi connectivity index (χ1v) is 18.9. The number of para-hydroxylation sites is 1. The number of aromatic nitrogens is 4. The molecule has 0 atom stereocenters. The van der Waals surface area contributed by atoms with E-state index in [4.69, 9.17) is 15.0 Å². The maximum atomic E-state index is 5.32. The van der Waals surface area contributed by atoms with E-state index < -0.39 is 0 Å². The van der Waals surface area contributed by atoms with E-state index in [-0.39, 0.29) is 5.41 Å². The van der Waals surface area contributed by atoms with Crippen molar-refractivity contribution in [2.24, 2.45) is 0 Å². The average molecular weight is 697 g/mol. The van der Waals surface area contributed by atoms with Crippen LogP contribution in [-0.4, -0.2) is 19.5 Å². The highest BCUT2D eigenvalue weighted by atomic mass is 32.1. The van der Waals surface area contributed by atoms with Crippen molar-refractivity contribution in [3.63, 3.8) is 0 Å². The van der Waals surface area contributed by atoms with E-state index in [1.54, 1.807) is 11.3 Å². The Morgan fingerprint density at radius 1 is 0.472 bits per heavy atom. The van der Waals surface area contributed by atoms with Gasteiger partial charge in [0, 0.05) is 58.7 Å². The van der Waals surface area contributed by atoms with Crippen molar-refractivity contribution in [1.82, 2.24) is 19.5 Å². The van der Waals surface area contributed by atoms with E-state index in [2.05, 4.69) is 158 Å². The van der Waals surface area contributed by atoms with Crippen LogP contribution in [0, 0.1) is 0 Å². The fourth-order valence-corrected chi connectivity index (χ4v) is 9.78. The van der Waals surface area contributed by atoms with Gasteiger partial charge in [-0.2, -0.15) is 0 Å². The molecule has 0 radical (unpaired) electrons. The van der Waals surface area contributed by atoms with Gasteiger partial charge in [0.05, 0.1) is 11.0 Å². The molecule has 250 valence electrons. The van der Waals surface area contributed by atoms with Gasteiger partial charge in [0.1, 0.15) is 0 Å². The standard InChI is InChI=1S/C48H32N4S/c1-48(2)38-22-9-6-16-31(38)32-27-26-30(28-39(32)48)52-40-23-10-7-18-35(40)43-36(20-13-24-41(43)52)46-49-45(29-14-4-3-5-15-29)50-47(51-46)37-21-12-19-34-33-17-8-11-25-42(33)53-44(34)37/h3-28H,1-2H3. The minimum absolute atomic E-state index is 0.0990. The highest BCUT2D eigenvalue weighted by molar-refractivity contribution is 7.26. The number of fused-ring (bicyclic) bond motifs is 9. The number of thiophene rings is 1. The fraction of sp³-hybridized carbons (Fsp3) is 0.0625. The lowest BCUT2D eigenvalue weighted by Crippen LogP contribution is -2.15. The van der Waals surface area contributed by atoms with Gasteiger partial charge in [-0.1, -0.05) is 135 Å². The maximum absolute atomic E-state index is 5.32. The van der Waals surface area contributed by atoms with Gasteiger partial charge >= 0.3 is 0 Å². The zero-order chi connectivity index (χ0) is 35.3. The number of nitrogens with zero attached hydrogens (tertiary/aromatic N) is 4. The second-order valence-electron chi connectivity index (χ2n) is 14.4. The van der Waals surface area contributed by atoms with Gasteiger partial charge in [0.15, 0.2) is 17.5 Å². The molecule has 0 spiro atoms. The second kappa shape index (κ2) is 11.3. The molecule has 0 saturated carbocycles. The van der Waals surface area contributed by atoms with Crippen LogP contribution in [0.4, 0.5) is 0 Å². The number of hydrogen-bond acceptors (Lipinski definition) is 4. The van der Waals surface area contributed by atoms with Crippen molar-refractivity contribution >= 4 is 53.3 Å². The molecule has 7 aromatic carbocycles. The Balaban J connectivity index is 1.16. The van der Waals surface area contributed by atoms with E-state index in [9.17, 15) is 0 Å². The predicted molar refractivity (Wildman–Crippen MR) is 221 cm³/mol. The van der Waals surface area contributed by atoms with Crippen LogP contribution >= 0.6 is 11.3 Å². The molecule has 0 unspecified atom stereocenters. The maximum Gasteiger partial charge on any atom is 0.165 e. The summed E-state index contributed by atoms with van der Waals surface area (Å²) in [7, 11) is 0. The van der Waals surface area contributed by atoms with Crippen LogP contribution in [0.1, 0.15) is 25.0 Å². The van der Waals surface area contributed by atoms with Gasteiger partial charge < -0.3 is 4.57 Å². The third-order valence-electron chi connectivity index (χ3n) is 11.1. The monoisotopic (exact) mass is 696 g/mol. The molecule has 5 heteroatoms. The summed E-state index contributed by atoms with van der Waals surface area (Å²) in [5.74, 6) is 1.99. The van der Waals surface area contributed by atoms with E-state index in [1.807, 2.05) is 18.2 Å². The first-order chi connectivity index (χ1) is 26.0. The molecule has 53 heavy (non-hydrogen) atoms. The molecule has 0 amide bonds. The number of rotatable bonds is 4. The quantitative estimate of drug-likeness (QED) is 0.184. The Kier molecular flexibility index (Phi) is 6.43. The van der Waals surface area contributed by atoms with Gasteiger partial charge in [0.2, 0.25) is 0 Å². The van der Waals surface area contributed by atoms with Crippen molar-refractivity contribution < 1.29 is 0 Å². The number of hydrogen-bond donors (Lipinski definition) is 0. The Labute approximate surface area is 310 Å². The molecular formula is C48H32N4S. The van der Waals surface area contributed by atoms with Crippen LogP contribution in [0.5, 0.6) is 0 Å². The molecule has 0 bridgehead atoms. The van der Waals surface area contributed by atoms with Gasteiger partial charge in [-0.15, -0.1) is 11.3 Å². The summed E-state index contributed by atoms with van der Waals surface area (Å²) in [5.41, 5.74) is 11.6. The molecule has 1 aliphatic rings. The Hall–Kier alpha value is -6.43. The zero-order valence-electron chi connectivity index (χ0n) is 29.2. The lowest BCUT2D eigenvalue weighted by Gasteiger charge is -2.22. The molecule has 4 nitrogen and oxygen atoms in total. The molecule has 11 rings (SSSR count). The lowest BCUT2D eigenvalue weighted by molar-refractivity contribution is 0.660. The highest BCUT2D eigenvalue weighted by Gasteiger charge is 2.35. The summed E-state index contributed by atoms with van der Waals surface area (Å²) >= 11 is 1.79. The molecule has 10 aromatic rings. The third-order valence-corrected chi connectivity index (χ3v) is 12.3. The minimum atomic E-state index is -0.0990. The van der Waals surface area contributed by atoms with Crippen LogP contribution in [0.2, 0.25) is 0 Å². The summed E-state index contributed by atoms with van der Waals surface area (Å²) in [5, 5.41) is 4.76. The van der Waals surface area contributed by atoms with Crippen LogP contribution in [0.15, 0.2) is 158 Å². The fourth-order valence-electron chi connectivity index (χ4n) is 8.57. The SMILES string of the molecule is CC1(C)c2ccccc2-c2ccc(-n3c4ccccc4c4c(-c5nc(-c6ccccc6)nc(-c6cccc7c6sc6ccccc67)n5)cccc43)cc21. The third kappa shape index (κ3) is 4.44. The number of benzene rings is 7.